The molecule has 1 saturated heterocycles. The second-order valence-corrected chi connectivity index (χ2v) is 10.4. The Kier molecular flexibility index (Phi) is 8.96. The first kappa shape index (κ1) is 30.6. The Balaban J connectivity index is 1.63. The average Bonchev–Trinajstić information content (AvgIpc) is 3.32. The highest BCUT2D eigenvalue weighted by Gasteiger charge is 2.40. The molecule has 1 fully saturated rings. The van der Waals surface area contributed by atoms with Gasteiger partial charge in [-0.2, -0.15) is 13.2 Å². The summed E-state index contributed by atoms with van der Waals surface area (Å²) in [6.45, 7) is 0.903. The van der Waals surface area contributed by atoms with Gasteiger partial charge in [0.05, 0.1) is 42.8 Å². The largest absolute Gasteiger partial charge is 0.495 e. The SMILES string of the molecule is CNC(=O)c1ccc(OC)c(NCC#Cc2cc(C(=O)N[C@H]3CCN(C)C[C@]3(C)F)c3ncn(CC(F)(F)F)c3c2)c1. The first-order valence-corrected chi connectivity index (χ1v) is 13.2. The molecule has 1 aromatic heterocycles. The van der Waals surface area contributed by atoms with Crippen LogP contribution in [0.25, 0.3) is 11.0 Å². The molecule has 2 amide bonds. The van der Waals surface area contributed by atoms with Crippen molar-refractivity contribution in [3.63, 3.8) is 0 Å². The van der Waals surface area contributed by atoms with Crippen molar-refractivity contribution in [2.45, 2.75) is 37.8 Å². The van der Waals surface area contributed by atoms with E-state index in [4.69, 9.17) is 4.74 Å². The lowest BCUT2D eigenvalue weighted by atomic mass is 9.90. The lowest BCUT2D eigenvalue weighted by Gasteiger charge is -2.39. The Bertz CT molecular complexity index is 1540. The van der Waals surface area contributed by atoms with Gasteiger partial charge >= 0.3 is 6.18 Å². The first-order chi connectivity index (χ1) is 19.8. The molecular formula is C29H32F4N6O3. The zero-order valence-corrected chi connectivity index (χ0v) is 23.7. The summed E-state index contributed by atoms with van der Waals surface area (Å²) >= 11 is 0. The number of hydrogen-bond acceptors (Lipinski definition) is 6. The van der Waals surface area contributed by atoms with Crippen molar-refractivity contribution in [1.82, 2.24) is 25.1 Å². The highest BCUT2D eigenvalue weighted by atomic mass is 19.4. The first-order valence-electron chi connectivity index (χ1n) is 13.2. The highest BCUT2D eigenvalue weighted by molar-refractivity contribution is 6.05. The molecule has 0 saturated carbocycles. The van der Waals surface area contributed by atoms with Crippen LogP contribution in [0.1, 0.15) is 39.6 Å². The summed E-state index contributed by atoms with van der Waals surface area (Å²) < 4.78 is 61.3. The predicted octanol–water partition coefficient (Wildman–Crippen LogP) is 3.59. The number of nitrogens with one attached hydrogen (secondary N) is 3. The molecule has 0 spiro atoms. The number of fused-ring (bicyclic) bond motifs is 1. The zero-order chi connectivity index (χ0) is 30.7. The number of methoxy groups -OCH3 is 1. The number of aromatic nitrogens is 2. The molecular weight excluding hydrogens is 556 g/mol. The van der Waals surface area contributed by atoms with Gasteiger partial charge in [-0.3, -0.25) is 9.59 Å². The monoisotopic (exact) mass is 588 g/mol. The van der Waals surface area contributed by atoms with Gasteiger partial charge in [0, 0.05) is 31.3 Å². The maximum Gasteiger partial charge on any atom is 0.406 e. The summed E-state index contributed by atoms with van der Waals surface area (Å²) in [6, 6.07) is 6.93. The highest BCUT2D eigenvalue weighted by Crippen LogP contribution is 2.28. The molecule has 0 aliphatic carbocycles. The minimum Gasteiger partial charge on any atom is -0.495 e. The normalized spacial score (nSPS) is 19.1. The van der Waals surface area contributed by atoms with E-state index in [0.717, 1.165) is 10.9 Å². The van der Waals surface area contributed by atoms with E-state index in [0.29, 0.717) is 30.0 Å². The molecule has 3 N–H and O–H groups in total. The molecule has 2 heterocycles. The Morgan fingerprint density at radius 2 is 1.98 bits per heavy atom. The van der Waals surface area contributed by atoms with Crippen molar-refractivity contribution in [2.75, 3.05) is 46.2 Å². The van der Waals surface area contributed by atoms with Crippen molar-refractivity contribution in [2.24, 2.45) is 0 Å². The van der Waals surface area contributed by atoms with Crippen LogP contribution in [0.4, 0.5) is 23.2 Å². The van der Waals surface area contributed by atoms with E-state index in [2.05, 4.69) is 32.8 Å². The van der Waals surface area contributed by atoms with E-state index in [1.54, 1.807) is 25.2 Å². The molecule has 0 radical (unpaired) electrons. The number of benzene rings is 2. The van der Waals surface area contributed by atoms with Crippen molar-refractivity contribution in [3.05, 3.63) is 53.3 Å². The molecule has 42 heavy (non-hydrogen) atoms. The van der Waals surface area contributed by atoms with Crippen LogP contribution in [-0.2, 0) is 6.54 Å². The third-order valence-electron chi connectivity index (χ3n) is 7.02. The van der Waals surface area contributed by atoms with E-state index < -0.39 is 30.3 Å². The molecule has 1 aliphatic heterocycles. The van der Waals surface area contributed by atoms with Gasteiger partial charge < -0.3 is 30.2 Å². The minimum atomic E-state index is -4.52. The van der Waals surface area contributed by atoms with Gasteiger partial charge in [0.25, 0.3) is 11.8 Å². The van der Waals surface area contributed by atoms with Crippen LogP contribution >= 0.6 is 0 Å². The number of imidazole rings is 1. The summed E-state index contributed by atoms with van der Waals surface area (Å²) in [6.07, 6.45) is -3.13. The molecule has 0 unspecified atom stereocenters. The summed E-state index contributed by atoms with van der Waals surface area (Å²) in [5.41, 5.74) is -0.373. The Hall–Kier alpha value is -4.31. The molecule has 0 bridgehead atoms. The number of piperidine rings is 1. The number of rotatable bonds is 7. The minimum absolute atomic E-state index is 0.000333. The number of carbonyl (C=O) groups excluding carboxylic acids is 2. The van der Waals surface area contributed by atoms with Crippen molar-refractivity contribution in [3.8, 4) is 17.6 Å². The fourth-order valence-corrected chi connectivity index (χ4v) is 4.97. The Labute approximate surface area is 240 Å². The number of alkyl halides is 4. The van der Waals surface area contributed by atoms with Crippen LogP contribution in [0, 0.1) is 11.8 Å². The number of hydrogen-bond donors (Lipinski definition) is 3. The van der Waals surface area contributed by atoms with E-state index in [1.807, 2.05) is 4.90 Å². The van der Waals surface area contributed by atoms with Crippen LogP contribution in [0.3, 0.4) is 0 Å². The third-order valence-corrected chi connectivity index (χ3v) is 7.02. The van der Waals surface area contributed by atoms with Crippen molar-refractivity contribution in [1.29, 1.82) is 0 Å². The molecule has 2 aromatic carbocycles. The number of ether oxygens (including phenoxy) is 1. The van der Waals surface area contributed by atoms with Crippen molar-refractivity contribution < 1.29 is 31.9 Å². The lowest BCUT2D eigenvalue weighted by molar-refractivity contribution is -0.139. The zero-order valence-electron chi connectivity index (χ0n) is 23.7. The Morgan fingerprint density at radius 1 is 1.21 bits per heavy atom. The maximum absolute atomic E-state index is 15.3. The smallest absolute Gasteiger partial charge is 0.406 e. The van der Waals surface area contributed by atoms with Crippen LogP contribution < -0.4 is 20.7 Å². The molecule has 9 nitrogen and oxygen atoms in total. The second kappa shape index (κ2) is 12.3. The lowest BCUT2D eigenvalue weighted by Crippen LogP contribution is -2.58. The molecule has 4 rings (SSSR count). The number of carbonyl (C=O) groups is 2. The van der Waals surface area contributed by atoms with Crippen LogP contribution in [0.15, 0.2) is 36.7 Å². The quantitative estimate of drug-likeness (QED) is 0.288. The number of nitrogens with zero attached hydrogens (tertiary/aromatic N) is 3. The van der Waals surface area contributed by atoms with E-state index >= 15 is 4.39 Å². The average molecular weight is 589 g/mol. The van der Waals surface area contributed by atoms with Gasteiger partial charge in [0.1, 0.15) is 23.5 Å². The fraction of sp³-hybridized carbons (Fsp3) is 0.414. The van der Waals surface area contributed by atoms with Gasteiger partial charge in [-0.25, -0.2) is 9.37 Å². The van der Waals surface area contributed by atoms with Crippen molar-refractivity contribution >= 4 is 28.5 Å². The number of anilines is 1. The summed E-state index contributed by atoms with van der Waals surface area (Å²) in [5.74, 6) is 5.32. The second-order valence-electron chi connectivity index (χ2n) is 10.4. The van der Waals surface area contributed by atoms with E-state index in [-0.39, 0.29) is 41.2 Å². The number of halogens is 4. The fourth-order valence-electron chi connectivity index (χ4n) is 4.97. The maximum atomic E-state index is 15.3. The van der Waals surface area contributed by atoms with Crippen LogP contribution in [-0.4, -0.2) is 85.0 Å². The molecule has 2 atom stereocenters. The van der Waals surface area contributed by atoms with E-state index in [9.17, 15) is 22.8 Å². The van der Waals surface area contributed by atoms with Crippen LogP contribution in [0.2, 0.25) is 0 Å². The van der Waals surface area contributed by atoms with Gasteiger partial charge in [-0.1, -0.05) is 11.8 Å². The molecule has 3 aromatic rings. The van der Waals surface area contributed by atoms with E-state index in [1.165, 1.54) is 33.2 Å². The summed E-state index contributed by atoms with van der Waals surface area (Å²) in [7, 11) is 4.79. The van der Waals surface area contributed by atoms with Gasteiger partial charge in [-0.05, 0) is 50.7 Å². The number of likely N-dealkylation sites (tertiary alicyclic amines) is 1. The standard InChI is InChI=1S/C29H32F4N6O3/c1-28(30)15-38(3)11-9-24(28)37-27(41)20-12-18(13-22-25(20)36-17-39(22)16-29(31,32)33)6-5-10-35-21-14-19(26(40)34-2)7-8-23(21)42-4/h7-8,12-14,17,24,35H,9-11,15-16H2,1-4H3,(H,34,40)(H,37,41)/t24-,28-/m0/s1. The molecule has 13 heteroatoms. The molecule has 224 valence electrons. The third kappa shape index (κ3) is 7.12. The Morgan fingerprint density at radius 3 is 2.64 bits per heavy atom. The summed E-state index contributed by atoms with van der Waals surface area (Å²) in [4.78, 5) is 31.3. The topological polar surface area (TPSA) is 101 Å². The van der Waals surface area contributed by atoms with Gasteiger partial charge in [0.15, 0.2) is 0 Å². The van der Waals surface area contributed by atoms with Gasteiger partial charge in [0.2, 0.25) is 0 Å². The summed E-state index contributed by atoms with van der Waals surface area (Å²) in [5, 5.41) is 8.33. The predicted molar refractivity (Wildman–Crippen MR) is 150 cm³/mol. The molecule has 1 aliphatic rings. The van der Waals surface area contributed by atoms with Gasteiger partial charge in [-0.15, -0.1) is 0 Å². The van der Waals surface area contributed by atoms with Crippen LogP contribution in [0.5, 0.6) is 5.75 Å². The number of amides is 2.